The molecule has 0 saturated carbocycles. The van der Waals surface area contributed by atoms with Crippen LogP contribution < -0.4 is 5.32 Å². The van der Waals surface area contributed by atoms with Gasteiger partial charge in [0.15, 0.2) is 0 Å². The first kappa shape index (κ1) is 15.4. The van der Waals surface area contributed by atoms with Crippen molar-refractivity contribution in [3.8, 4) is 0 Å². The molecular formula is C12H12ClF2NO3. The minimum atomic E-state index is -1.23. The van der Waals surface area contributed by atoms with Crippen molar-refractivity contribution in [2.45, 2.75) is 25.8 Å². The summed E-state index contributed by atoms with van der Waals surface area (Å²) >= 11 is 5.36. The molecule has 0 spiro atoms. The van der Waals surface area contributed by atoms with E-state index in [1.807, 2.05) is 0 Å². The van der Waals surface area contributed by atoms with Crippen molar-refractivity contribution in [1.29, 1.82) is 0 Å². The van der Waals surface area contributed by atoms with Crippen LogP contribution in [0.5, 0.6) is 0 Å². The second-order valence-corrected chi connectivity index (χ2v) is 4.31. The van der Waals surface area contributed by atoms with Crippen LogP contribution in [0.1, 0.15) is 30.1 Å². The molecule has 0 aliphatic rings. The van der Waals surface area contributed by atoms with Crippen molar-refractivity contribution in [3.05, 3.63) is 34.4 Å². The van der Waals surface area contributed by atoms with E-state index in [2.05, 4.69) is 5.32 Å². The lowest BCUT2D eigenvalue weighted by Gasteiger charge is -2.14. The molecule has 0 aromatic heterocycles. The van der Waals surface area contributed by atoms with Crippen LogP contribution >= 0.6 is 11.6 Å². The van der Waals surface area contributed by atoms with Gasteiger partial charge < -0.3 is 10.4 Å². The highest BCUT2D eigenvalue weighted by molar-refractivity contribution is 6.30. The zero-order valence-corrected chi connectivity index (χ0v) is 10.8. The average Bonchev–Trinajstić information content (AvgIpc) is 2.32. The van der Waals surface area contributed by atoms with Crippen molar-refractivity contribution < 1.29 is 23.5 Å². The maximum Gasteiger partial charge on any atom is 0.326 e. The molecule has 0 bridgehead atoms. The number of hydrogen-bond donors (Lipinski definition) is 2. The van der Waals surface area contributed by atoms with Gasteiger partial charge in [-0.1, -0.05) is 24.9 Å². The highest BCUT2D eigenvalue weighted by Gasteiger charge is 2.22. The quantitative estimate of drug-likeness (QED) is 0.820. The first-order valence-electron chi connectivity index (χ1n) is 5.55. The molecule has 1 aromatic rings. The SMILES string of the molecule is CCC[C@H](NC(=O)c1cc(F)c(Cl)cc1F)C(=O)O. The Bertz CT molecular complexity index is 508. The van der Waals surface area contributed by atoms with E-state index in [0.29, 0.717) is 18.6 Å². The van der Waals surface area contributed by atoms with Crippen molar-refractivity contribution in [1.82, 2.24) is 5.32 Å². The predicted molar refractivity (Wildman–Crippen MR) is 65.2 cm³/mol. The molecule has 0 aliphatic carbocycles. The van der Waals surface area contributed by atoms with E-state index < -0.39 is 40.1 Å². The molecule has 4 nitrogen and oxygen atoms in total. The topological polar surface area (TPSA) is 66.4 Å². The van der Waals surface area contributed by atoms with Gasteiger partial charge >= 0.3 is 5.97 Å². The van der Waals surface area contributed by atoms with Gasteiger partial charge in [-0.05, 0) is 18.6 Å². The summed E-state index contributed by atoms with van der Waals surface area (Å²) in [6.45, 7) is 1.74. The van der Waals surface area contributed by atoms with E-state index in [4.69, 9.17) is 16.7 Å². The Hall–Kier alpha value is -1.69. The zero-order valence-electron chi connectivity index (χ0n) is 10.0. The lowest BCUT2D eigenvalue weighted by atomic mass is 10.1. The molecule has 0 saturated heterocycles. The third kappa shape index (κ3) is 3.89. The fourth-order valence-electron chi connectivity index (χ4n) is 1.48. The van der Waals surface area contributed by atoms with E-state index >= 15 is 0 Å². The Kier molecular flexibility index (Phi) is 5.23. The normalized spacial score (nSPS) is 12.0. The van der Waals surface area contributed by atoms with Gasteiger partial charge in [0.1, 0.15) is 17.7 Å². The highest BCUT2D eigenvalue weighted by Crippen LogP contribution is 2.19. The van der Waals surface area contributed by atoms with E-state index in [1.165, 1.54) is 0 Å². The van der Waals surface area contributed by atoms with Gasteiger partial charge in [-0.15, -0.1) is 0 Å². The minimum Gasteiger partial charge on any atom is -0.480 e. The van der Waals surface area contributed by atoms with Crippen LogP contribution in [0.2, 0.25) is 5.02 Å². The molecular weight excluding hydrogens is 280 g/mol. The summed E-state index contributed by atoms with van der Waals surface area (Å²) in [6.07, 6.45) is 0.716. The molecule has 19 heavy (non-hydrogen) atoms. The molecule has 0 radical (unpaired) electrons. The number of amides is 1. The van der Waals surface area contributed by atoms with E-state index in [9.17, 15) is 18.4 Å². The summed E-state index contributed by atoms with van der Waals surface area (Å²) in [4.78, 5) is 22.6. The number of aliphatic carboxylic acids is 1. The summed E-state index contributed by atoms with van der Waals surface area (Å²) in [6, 6.07) is 0.162. The van der Waals surface area contributed by atoms with Crippen molar-refractivity contribution >= 4 is 23.5 Å². The number of benzene rings is 1. The largest absolute Gasteiger partial charge is 0.480 e. The maximum absolute atomic E-state index is 13.5. The number of halogens is 3. The second-order valence-electron chi connectivity index (χ2n) is 3.90. The van der Waals surface area contributed by atoms with Crippen LogP contribution in [0.3, 0.4) is 0 Å². The van der Waals surface area contributed by atoms with Gasteiger partial charge in [-0.25, -0.2) is 13.6 Å². The Labute approximate surface area is 113 Å². The number of carbonyl (C=O) groups is 2. The van der Waals surface area contributed by atoms with Crippen molar-refractivity contribution in [3.63, 3.8) is 0 Å². The standard InChI is InChI=1S/C12H12ClF2NO3/c1-2-3-10(12(18)19)16-11(17)6-4-9(15)7(13)5-8(6)14/h4-5,10H,2-3H2,1H3,(H,16,17)(H,18,19)/t10-/m0/s1. The number of hydrogen-bond acceptors (Lipinski definition) is 2. The number of rotatable bonds is 5. The molecule has 1 rings (SSSR count). The van der Waals surface area contributed by atoms with Gasteiger partial charge in [0.05, 0.1) is 10.6 Å². The van der Waals surface area contributed by atoms with Crippen molar-refractivity contribution in [2.24, 2.45) is 0 Å². The fraction of sp³-hybridized carbons (Fsp3) is 0.333. The molecule has 1 amide bonds. The van der Waals surface area contributed by atoms with Gasteiger partial charge in [0.25, 0.3) is 5.91 Å². The first-order valence-corrected chi connectivity index (χ1v) is 5.92. The zero-order chi connectivity index (χ0) is 14.6. The Balaban J connectivity index is 2.94. The first-order chi connectivity index (χ1) is 8.86. The van der Waals surface area contributed by atoms with E-state index in [-0.39, 0.29) is 6.42 Å². The molecule has 2 N–H and O–H groups in total. The van der Waals surface area contributed by atoms with Crippen LogP contribution in [0.15, 0.2) is 12.1 Å². The third-order valence-electron chi connectivity index (χ3n) is 2.44. The summed E-state index contributed by atoms with van der Waals surface area (Å²) in [7, 11) is 0. The molecule has 104 valence electrons. The molecule has 0 fully saturated rings. The van der Waals surface area contributed by atoms with Crippen LogP contribution in [-0.4, -0.2) is 23.0 Å². The second kappa shape index (κ2) is 6.47. The number of carboxylic acids is 1. The highest BCUT2D eigenvalue weighted by atomic mass is 35.5. The van der Waals surface area contributed by atoms with Crippen LogP contribution in [-0.2, 0) is 4.79 Å². The Morgan fingerprint density at radius 3 is 2.53 bits per heavy atom. The lowest BCUT2D eigenvalue weighted by Crippen LogP contribution is -2.41. The number of carbonyl (C=O) groups excluding carboxylic acids is 1. The van der Waals surface area contributed by atoms with Crippen LogP contribution in [0.25, 0.3) is 0 Å². The van der Waals surface area contributed by atoms with Crippen LogP contribution in [0.4, 0.5) is 8.78 Å². The van der Waals surface area contributed by atoms with Gasteiger partial charge in [0, 0.05) is 0 Å². The van der Waals surface area contributed by atoms with Gasteiger partial charge in [0.2, 0.25) is 0 Å². The Morgan fingerprint density at radius 1 is 1.37 bits per heavy atom. The monoisotopic (exact) mass is 291 g/mol. The molecule has 7 heteroatoms. The van der Waals surface area contributed by atoms with E-state index in [1.54, 1.807) is 6.92 Å². The summed E-state index contributed by atoms with van der Waals surface area (Å²) < 4.78 is 26.6. The summed E-state index contributed by atoms with van der Waals surface area (Å²) in [5.41, 5.74) is -0.579. The number of carboxylic acid groups (broad SMARTS) is 1. The Morgan fingerprint density at radius 2 is 2.00 bits per heavy atom. The summed E-state index contributed by atoms with van der Waals surface area (Å²) in [5, 5.41) is 10.6. The van der Waals surface area contributed by atoms with Crippen molar-refractivity contribution in [2.75, 3.05) is 0 Å². The smallest absolute Gasteiger partial charge is 0.326 e. The van der Waals surface area contributed by atoms with Gasteiger partial charge in [-0.2, -0.15) is 0 Å². The third-order valence-corrected chi connectivity index (χ3v) is 2.73. The molecule has 0 aliphatic heterocycles. The van der Waals surface area contributed by atoms with E-state index in [0.717, 1.165) is 0 Å². The fourth-order valence-corrected chi connectivity index (χ4v) is 1.63. The lowest BCUT2D eigenvalue weighted by molar-refractivity contribution is -0.139. The maximum atomic E-state index is 13.5. The summed E-state index contributed by atoms with van der Waals surface area (Å²) in [5.74, 6) is -4.18. The molecule has 0 heterocycles. The molecule has 1 atom stereocenters. The average molecular weight is 292 g/mol. The predicted octanol–water partition coefficient (Wildman–Crippen LogP) is 2.60. The van der Waals surface area contributed by atoms with Crippen LogP contribution in [0, 0.1) is 11.6 Å². The molecule has 0 unspecified atom stereocenters. The van der Waals surface area contributed by atoms with Gasteiger partial charge in [-0.3, -0.25) is 4.79 Å². The molecule has 1 aromatic carbocycles. The minimum absolute atomic E-state index is 0.193. The number of nitrogens with one attached hydrogen (secondary N) is 1.